The molecule has 0 saturated carbocycles. The molecule has 0 aromatic heterocycles. The van der Waals surface area contributed by atoms with E-state index in [0.29, 0.717) is 0 Å². The van der Waals surface area contributed by atoms with E-state index in [4.69, 9.17) is 16.7 Å². The minimum absolute atomic E-state index is 0.0828. The van der Waals surface area contributed by atoms with Crippen molar-refractivity contribution in [3.63, 3.8) is 0 Å². The maximum absolute atomic E-state index is 12.3. The zero-order chi connectivity index (χ0) is 13.9. The van der Waals surface area contributed by atoms with Gasteiger partial charge in [0.2, 0.25) is 0 Å². The second-order valence-corrected chi connectivity index (χ2v) is 4.01. The van der Waals surface area contributed by atoms with Crippen LogP contribution in [0.15, 0.2) is 18.2 Å². The van der Waals surface area contributed by atoms with E-state index in [2.05, 4.69) is 0 Å². The van der Waals surface area contributed by atoms with Gasteiger partial charge >= 0.3 is 12.1 Å². The Bertz CT molecular complexity index is 448. The third-order valence-corrected chi connectivity index (χ3v) is 2.61. The molecule has 0 bridgehead atoms. The Kier molecular flexibility index (Phi) is 4.45. The van der Waals surface area contributed by atoms with Crippen LogP contribution >= 0.6 is 11.6 Å². The van der Waals surface area contributed by atoms with Gasteiger partial charge in [-0.25, -0.2) is 4.79 Å². The second-order valence-electron chi connectivity index (χ2n) is 3.60. The van der Waals surface area contributed by atoms with Gasteiger partial charge in [-0.3, -0.25) is 0 Å². The first-order valence-corrected chi connectivity index (χ1v) is 5.47. The minimum atomic E-state index is -4.33. The van der Waals surface area contributed by atoms with Crippen molar-refractivity contribution < 1.29 is 23.1 Å². The Balaban J connectivity index is 3.01. The first-order chi connectivity index (χ1) is 8.24. The molecule has 1 N–H and O–H groups in total. The number of carboxylic acids is 1. The summed E-state index contributed by atoms with van der Waals surface area (Å²) in [6, 6.07) is 3.73. The highest BCUT2D eigenvalue weighted by Gasteiger charge is 2.30. The summed E-state index contributed by atoms with van der Waals surface area (Å²) in [6.45, 7) is 0.610. The van der Waals surface area contributed by atoms with E-state index >= 15 is 0 Å². The number of rotatable bonds is 4. The van der Waals surface area contributed by atoms with Crippen LogP contribution in [-0.4, -0.2) is 30.3 Å². The van der Waals surface area contributed by atoms with Crippen LogP contribution in [0.2, 0.25) is 5.02 Å². The zero-order valence-electron chi connectivity index (χ0n) is 9.46. The van der Waals surface area contributed by atoms with Crippen LogP contribution in [0.3, 0.4) is 0 Å². The van der Waals surface area contributed by atoms with Crippen molar-refractivity contribution in [3.8, 4) is 0 Å². The molecule has 1 aromatic carbocycles. The average Bonchev–Trinajstić information content (AvgIpc) is 2.24. The Morgan fingerprint density at radius 1 is 1.44 bits per heavy atom. The Hall–Kier alpha value is -1.43. The van der Waals surface area contributed by atoms with Gasteiger partial charge in [0.1, 0.15) is 6.54 Å². The summed E-state index contributed by atoms with van der Waals surface area (Å²) < 4.78 is 37.0. The standard InChI is InChI=1S/C11H11ClF3NO2/c1-2-16(6-11(13,14)15)7-3-4-8(10(17)18)9(12)5-7/h3-5H,2,6H2,1H3,(H,17,18). The zero-order valence-corrected chi connectivity index (χ0v) is 10.2. The van der Waals surface area contributed by atoms with Crippen molar-refractivity contribution in [2.24, 2.45) is 0 Å². The summed E-state index contributed by atoms with van der Waals surface area (Å²) in [5.41, 5.74) is 0.105. The predicted octanol–water partition coefficient (Wildman–Crippen LogP) is 3.43. The van der Waals surface area contributed by atoms with E-state index in [-0.39, 0.29) is 22.8 Å². The molecule has 0 aliphatic carbocycles. The largest absolute Gasteiger partial charge is 0.478 e. The third-order valence-electron chi connectivity index (χ3n) is 2.30. The maximum atomic E-state index is 12.3. The monoisotopic (exact) mass is 281 g/mol. The van der Waals surface area contributed by atoms with E-state index in [1.54, 1.807) is 6.92 Å². The van der Waals surface area contributed by atoms with Crippen LogP contribution in [-0.2, 0) is 0 Å². The summed E-state index contributed by atoms with van der Waals surface area (Å²) in [5, 5.41) is 8.68. The SMILES string of the molecule is CCN(CC(F)(F)F)c1ccc(C(=O)O)c(Cl)c1. The molecular formula is C11H11ClF3NO2. The Morgan fingerprint density at radius 2 is 2.06 bits per heavy atom. The molecule has 1 aromatic rings. The Morgan fingerprint density at radius 3 is 2.44 bits per heavy atom. The first kappa shape index (κ1) is 14.6. The fourth-order valence-electron chi connectivity index (χ4n) is 1.48. The van der Waals surface area contributed by atoms with Crippen LogP contribution < -0.4 is 4.90 Å². The number of benzene rings is 1. The number of halogens is 4. The van der Waals surface area contributed by atoms with Crippen LogP contribution in [0.1, 0.15) is 17.3 Å². The van der Waals surface area contributed by atoms with Gasteiger partial charge in [0.25, 0.3) is 0 Å². The molecule has 0 aliphatic heterocycles. The quantitative estimate of drug-likeness (QED) is 0.919. The number of anilines is 1. The topological polar surface area (TPSA) is 40.5 Å². The molecule has 0 saturated heterocycles. The molecule has 0 unspecified atom stereocenters. The van der Waals surface area contributed by atoms with Crippen LogP contribution in [0.4, 0.5) is 18.9 Å². The molecule has 0 amide bonds. The molecule has 3 nitrogen and oxygen atoms in total. The van der Waals surface area contributed by atoms with E-state index in [9.17, 15) is 18.0 Å². The molecule has 0 radical (unpaired) electrons. The maximum Gasteiger partial charge on any atom is 0.405 e. The highest BCUT2D eigenvalue weighted by molar-refractivity contribution is 6.33. The van der Waals surface area contributed by atoms with Gasteiger partial charge in [-0.15, -0.1) is 0 Å². The van der Waals surface area contributed by atoms with Crippen molar-refractivity contribution >= 4 is 23.3 Å². The van der Waals surface area contributed by atoms with Crippen molar-refractivity contribution in [2.75, 3.05) is 18.0 Å². The van der Waals surface area contributed by atoms with Gasteiger partial charge in [-0.2, -0.15) is 13.2 Å². The van der Waals surface area contributed by atoms with Gasteiger partial charge in [-0.1, -0.05) is 11.6 Å². The lowest BCUT2D eigenvalue weighted by Gasteiger charge is -2.24. The van der Waals surface area contributed by atoms with E-state index in [1.165, 1.54) is 18.2 Å². The van der Waals surface area contributed by atoms with E-state index in [1.807, 2.05) is 0 Å². The molecule has 0 aliphatic rings. The molecule has 0 heterocycles. The van der Waals surface area contributed by atoms with E-state index < -0.39 is 18.7 Å². The fraction of sp³-hybridized carbons (Fsp3) is 0.364. The van der Waals surface area contributed by atoms with Gasteiger partial charge < -0.3 is 10.0 Å². The van der Waals surface area contributed by atoms with Crippen LogP contribution in [0.5, 0.6) is 0 Å². The normalized spacial score (nSPS) is 11.4. The molecule has 7 heteroatoms. The summed E-state index contributed by atoms with van der Waals surface area (Å²) in [6.07, 6.45) is -4.33. The van der Waals surface area contributed by atoms with Gasteiger partial charge in [0, 0.05) is 12.2 Å². The highest BCUT2D eigenvalue weighted by atomic mass is 35.5. The highest BCUT2D eigenvalue weighted by Crippen LogP contribution is 2.26. The lowest BCUT2D eigenvalue weighted by Crippen LogP contribution is -2.34. The van der Waals surface area contributed by atoms with Gasteiger partial charge in [0.15, 0.2) is 0 Å². The minimum Gasteiger partial charge on any atom is -0.478 e. The third kappa shape index (κ3) is 3.80. The number of carbonyl (C=O) groups is 1. The first-order valence-electron chi connectivity index (χ1n) is 5.09. The van der Waals surface area contributed by atoms with Crippen LogP contribution in [0.25, 0.3) is 0 Å². The smallest absolute Gasteiger partial charge is 0.405 e. The summed E-state index contributed by atoms with van der Waals surface area (Å²) in [5.74, 6) is -1.22. The number of hydrogen-bond acceptors (Lipinski definition) is 2. The summed E-state index contributed by atoms with van der Waals surface area (Å²) in [7, 11) is 0. The molecule has 0 fully saturated rings. The molecule has 0 atom stereocenters. The van der Waals surface area contributed by atoms with Crippen molar-refractivity contribution in [3.05, 3.63) is 28.8 Å². The molecular weight excluding hydrogens is 271 g/mol. The lowest BCUT2D eigenvalue weighted by atomic mass is 10.2. The fourth-order valence-corrected chi connectivity index (χ4v) is 1.73. The molecule has 18 heavy (non-hydrogen) atoms. The average molecular weight is 282 g/mol. The number of carboxylic acid groups (broad SMARTS) is 1. The molecule has 100 valence electrons. The Labute approximate surface area is 107 Å². The summed E-state index contributed by atoms with van der Waals surface area (Å²) >= 11 is 5.71. The predicted molar refractivity (Wildman–Crippen MR) is 62.4 cm³/mol. The van der Waals surface area contributed by atoms with E-state index in [0.717, 1.165) is 4.90 Å². The molecule has 1 rings (SSSR count). The van der Waals surface area contributed by atoms with Crippen molar-refractivity contribution in [2.45, 2.75) is 13.1 Å². The number of aromatic carboxylic acids is 1. The van der Waals surface area contributed by atoms with Gasteiger partial charge in [0.05, 0.1) is 10.6 Å². The second kappa shape index (κ2) is 5.48. The number of hydrogen-bond donors (Lipinski definition) is 1. The number of alkyl halides is 3. The lowest BCUT2D eigenvalue weighted by molar-refractivity contribution is -0.119. The number of nitrogens with zero attached hydrogens (tertiary/aromatic N) is 1. The van der Waals surface area contributed by atoms with Crippen molar-refractivity contribution in [1.29, 1.82) is 0 Å². The van der Waals surface area contributed by atoms with Gasteiger partial charge in [-0.05, 0) is 25.1 Å². The molecule has 0 spiro atoms. The van der Waals surface area contributed by atoms with Crippen molar-refractivity contribution in [1.82, 2.24) is 0 Å². The van der Waals surface area contributed by atoms with Crippen LogP contribution in [0, 0.1) is 0 Å². The summed E-state index contributed by atoms with van der Waals surface area (Å²) in [4.78, 5) is 11.8.